The molecule has 0 aromatic carbocycles. The molecular weight excluding hydrogens is 360 g/mol. The molecule has 5 unspecified atom stereocenters. The van der Waals surface area contributed by atoms with Gasteiger partial charge in [-0.25, -0.2) is 0 Å². The summed E-state index contributed by atoms with van der Waals surface area (Å²) in [5, 5.41) is 11.4. The molecule has 0 amide bonds. The van der Waals surface area contributed by atoms with Crippen LogP contribution in [0.5, 0.6) is 0 Å². The fourth-order valence-electron chi connectivity index (χ4n) is 6.70. The van der Waals surface area contributed by atoms with Crippen molar-refractivity contribution in [2.45, 2.75) is 72.0 Å². The van der Waals surface area contributed by atoms with Gasteiger partial charge in [0.25, 0.3) is 0 Å². The van der Waals surface area contributed by atoms with Gasteiger partial charge in [0.2, 0.25) is 0 Å². The number of Topliss-reactive ketones (excluding diaryl/α,β-unsaturated/α-hetero) is 1. The summed E-state index contributed by atoms with van der Waals surface area (Å²) in [6.07, 6.45) is 4.52. The molecule has 0 saturated heterocycles. The Hall–Kier alpha value is -0.810. The van der Waals surface area contributed by atoms with Crippen LogP contribution in [0.15, 0.2) is 12.7 Å². The van der Waals surface area contributed by atoms with Crippen molar-refractivity contribution in [2.24, 2.45) is 34.0 Å². The number of esters is 1. The van der Waals surface area contributed by atoms with Gasteiger partial charge in [0.05, 0.1) is 11.9 Å². The highest BCUT2D eigenvalue weighted by Gasteiger charge is 2.68. The van der Waals surface area contributed by atoms with Gasteiger partial charge in [-0.3, -0.25) is 9.59 Å². The van der Waals surface area contributed by atoms with E-state index in [1.807, 2.05) is 13.0 Å². The number of ketones is 1. The lowest BCUT2D eigenvalue weighted by Crippen LogP contribution is -2.63. The zero-order valence-electron chi connectivity index (χ0n) is 17.0. The molecule has 27 heavy (non-hydrogen) atoms. The Labute approximate surface area is 168 Å². The zero-order valence-corrected chi connectivity index (χ0v) is 17.9. The van der Waals surface area contributed by atoms with Crippen molar-refractivity contribution >= 4 is 24.4 Å². The normalized spacial score (nSPS) is 49.7. The highest BCUT2D eigenvalue weighted by Crippen LogP contribution is 2.67. The Kier molecular flexibility index (Phi) is 5.35. The third-order valence-corrected chi connectivity index (χ3v) is 8.96. The first kappa shape index (κ1) is 20.9. The molecule has 3 fully saturated rings. The minimum absolute atomic E-state index is 0.00841. The fraction of sp³-hybridized carbons (Fsp3) is 0.818. The van der Waals surface area contributed by atoms with Gasteiger partial charge in [-0.15, -0.1) is 6.58 Å². The van der Waals surface area contributed by atoms with Crippen molar-refractivity contribution in [1.29, 1.82) is 0 Å². The van der Waals surface area contributed by atoms with Gasteiger partial charge in [-0.05, 0) is 42.9 Å². The summed E-state index contributed by atoms with van der Waals surface area (Å²) < 4.78 is 5.94. The highest BCUT2D eigenvalue weighted by atomic mass is 32.1. The third kappa shape index (κ3) is 2.83. The van der Waals surface area contributed by atoms with E-state index in [-0.39, 0.29) is 40.7 Å². The first-order chi connectivity index (χ1) is 12.6. The summed E-state index contributed by atoms with van der Waals surface area (Å²) in [4.78, 5) is 25.4. The average molecular weight is 395 g/mol. The van der Waals surface area contributed by atoms with E-state index in [4.69, 9.17) is 4.74 Å². The van der Waals surface area contributed by atoms with E-state index in [9.17, 15) is 14.7 Å². The maximum atomic E-state index is 13.2. The number of carbonyl (C=O) groups excluding carboxylic acids is 2. The van der Waals surface area contributed by atoms with Crippen LogP contribution < -0.4 is 0 Å². The van der Waals surface area contributed by atoms with E-state index in [0.717, 1.165) is 19.3 Å². The molecule has 152 valence electrons. The first-order valence-electron chi connectivity index (χ1n) is 10.2. The van der Waals surface area contributed by atoms with Crippen LogP contribution in [0, 0.1) is 34.0 Å². The van der Waals surface area contributed by atoms with Crippen molar-refractivity contribution in [2.75, 3.05) is 5.75 Å². The van der Waals surface area contributed by atoms with E-state index in [1.54, 1.807) is 0 Å². The van der Waals surface area contributed by atoms with Crippen LogP contribution >= 0.6 is 12.6 Å². The summed E-state index contributed by atoms with van der Waals surface area (Å²) in [7, 11) is 0. The summed E-state index contributed by atoms with van der Waals surface area (Å²) in [6, 6.07) is 0. The van der Waals surface area contributed by atoms with Crippen LogP contribution in [-0.2, 0) is 14.3 Å². The number of aliphatic hydroxyl groups is 1. The van der Waals surface area contributed by atoms with Crippen LogP contribution in [0.25, 0.3) is 0 Å². The third-order valence-electron chi connectivity index (χ3n) is 8.70. The minimum Gasteiger partial charge on any atom is -0.461 e. The van der Waals surface area contributed by atoms with Gasteiger partial charge < -0.3 is 9.84 Å². The molecule has 3 aliphatic rings. The van der Waals surface area contributed by atoms with Crippen molar-refractivity contribution in [1.82, 2.24) is 0 Å². The molecule has 1 N–H and O–H groups in total. The average Bonchev–Trinajstić information content (AvgIpc) is 3.00. The molecule has 2 bridgehead atoms. The van der Waals surface area contributed by atoms with E-state index in [2.05, 4.69) is 40.0 Å². The molecule has 0 aromatic heterocycles. The van der Waals surface area contributed by atoms with E-state index in [0.29, 0.717) is 12.8 Å². The molecule has 5 heteroatoms. The predicted molar refractivity (Wildman–Crippen MR) is 108 cm³/mol. The monoisotopic (exact) mass is 394 g/mol. The van der Waals surface area contributed by atoms with Crippen molar-refractivity contribution in [3.05, 3.63) is 12.7 Å². The van der Waals surface area contributed by atoms with Gasteiger partial charge >= 0.3 is 5.97 Å². The molecule has 3 saturated carbocycles. The van der Waals surface area contributed by atoms with Crippen LogP contribution in [0.2, 0.25) is 0 Å². The SMILES string of the molecule is C=C[C@]1(C)CC(OC(=O)CS)[C@]2(C)C(C)CC[C@]3(CCC(=O)C32)C(C)C1O. The van der Waals surface area contributed by atoms with Crippen LogP contribution in [0.4, 0.5) is 0 Å². The topological polar surface area (TPSA) is 63.6 Å². The molecule has 0 spiro atoms. The number of hydrogen-bond acceptors (Lipinski definition) is 5. The Balaban J connectivity index is 2.21. The molecule has 0 radical (unpaired) electrons. The van der Waals surface area contributed by atoms with Crippen LogP contribution in [0.1, 0.15) is 59.8 Å². The number of ether oxygens (including phenoxy) is 1. The maximum absolute atomic E-state index is 13.2. The molecule has 0 aromatic rings. The van der Waals surface area contributed by atoms with Crippen molar-refractivity contribution in [3.8, 4) is 0 Å². The second-order valence-corrected chi connectivity index (χ2v) is 10.0. The number of thiol groups is 1. The van der Waals surface area contributed by atoms with Gasteiger partial charge in [-0.1, -0.05) is 33.8 Å². The zero-order chi connectivity index (χ0) is 20.2. The molecule has 4 nitrogen and oxygen atoms in total. The first-order valence-corrected chi connectivity index (χ1v) is 10.8. The van der Waals surface area contributed by atoms with E-state index < -0.39 is 23.0 Å². The summed E-state index contributed by atoms with van der Waals surface area (Å²) in [5.74, 6) is -0.0121. The molecule has 8 atom stereocenters. The second kappa shape index (κ2) is 6.91. The standard InChI is InChI=1S/C22H34O4S/c1-6-20(4)11-16(26-17(24)12-27)21(5)13(2)7-9-22(14(3)19(20)25)10-8-15(23)18(21)22/h6,13-14,16,18-19,25,27H,1,7-12H2,2-5H3/t13?,14?,16?,18?,19?,20-,21+,22+/m1/s1. The summed E-state index contributed by atoms with van der Waals surface area (Å²) >= 11 is 4.08. The lowest BCUT2D eigenvalue weighted by molar-refractivity contribution is -0.205. The Morgan fingerprint density at radius 2 is 2.04 bits per heavy atom. The van der Waals surface area contributed by atoms with E-state index >= 15 is 0 Å². The Morgan fingerprint density at radius 1 is 1.37 bits per heavy atom. The maximum Gasteiger partial charge on any atom is 0.315 e. The quantitative estimate of drug-likeness (QED) is 0.434. The minimum atomic E-state index is -0.626. The highest BCUT2D eigenvalue weighted by molar-refractivity contribution is 7.81. The molecule has 3 rings (SSSR count). The largest absolute Gasteiger partial charge is 0.461 e. The van der Waals surface area contributed by atoms with Crippen molar-refractivity contribution < 1.29 is 19.4 Å². The lowest BCUT2D eigenvalue weighted by atomic mass is 9.44. The van der Waals surface area contributed by atoms with Crippen LogP contribution in [-0.4, -0.2) is 34.8 Å². The molecule has 0 aliphatic heterocycles. The van der Waals surface area contributed by atoms with Gasteiger partial charge in [-0.2, -0.15) is 12.6 Å². The number of hydrogen-bond donors (Lipinski definition) is 2. The number of aliphatic hydroxyl groups excluding tert-OH is 1. The molecule has 3 aliphatic carbocycles. The number of rotatable bonds is 3. The Morgan fingerprint density at radius 3 is 2.63 bits per heavy atom. The Bertz CT molecular complexity index is 648. The van der Waals surface area contributed by atoms with Crippen LogP contribution in [0.3, 0.4) is 0 Å². The van der Waals surface area contributed by atoms with Gasteiger partial charge in [0.15, 0.2) is 0 Å². The molecular formula is C22H34O4S. The van der Waals surface area contributed by atoms with E-state index in [1.165, 1.54) is 0 Å². The van der Waals surface area contributed by atoms with Gasteiger partial charge in [0, 0.05) is 23.2 Å². The number of carbonyl (C=O) groups is 2. The fourth-order valence-corrected chi connectivity index (χ4v) is 6.77. The summed E-state index contributed by atoms with van der Waals surface area (Å²) in [5.41, 5.74) is -1.25. The second-order valence-electron chi connectivity index (χ2n) is 9.72. The predicted octanol–water partition coefficient (Wildman–Crippen LogP) is 3.82. The summed E-state index contributed by atoms with van der Waals surface area (Å²) in [6.45, 7) is 12.4. The lowest BCUT2D eigenvalue weighted by Gasteiger charge is -2.61. The molecule has 0 heterocycles. The smallest absolute Gasteiger partial charge is 0.315 e. The van der Waals surface area contributed by atoms with Gasteiger partial charge in [0.1, 0.15) is 11.9 Å². The van der Waals surface area contributed by atoms with Crippen molar-refractivity contribution in [3.63, 3.8) is 0 Å².